The van der Waals surface area contributed by atoms with E-state index in [1.807, 2.05) is 12.1 Å². The highest BCUT2D eigenvalue weighted by Gasteiger charge is 2.24. The van der Waals surface area contributed by atoms with Crippen molar-refractivity contribution >= 4 is 5.96 Å². The molecule has 0 aliphatic carbocycles. The lowest BCUT2D eigenvalue weighted by atomic mass is 10.2. The van der Waals surface area contributed by atoms with Gasteiger partial charge < -0.3 is 19.8 Å². The smallest absolute Gasteiger partial charge is 0.191 e. The van der Waals surface area contributed by atoms with Gasteiger partial charge in [0.05, 0.1) is 19.4 Å². The third-order valence-electron chi connectivity index (χ3n) is 4.40. The molecule has 0 aromatic carbocycles. The Labute approximate surface area is 152 Å². The molecule has 1 aliphatic rings. The van der Waals surface area contributed by atoms with Crippen molar-refractivity contribution in [3.05, 3.63) is 24.2 Å². The number of hydrogen-bond acceptors (Lipinski definition) is 4. The molecule has 1 fully saturated rings. The molecule has 0 spiro atoms. The van der Waals surface area contributed by atoms with Crippen LogP contribution in [0.15, 0.2) is 27.8 Å². The number of aliphatic imine (C=N–C) groups is 1. The minimum atomic E-state index is 0.563. The predicted molar refractivity (Wildman–Crippen MR) is 102 cm³/mol. The molecule has 1 saturated heterocycles. The first-order valence-corrected chi connectivity index (χ1v) is 9.46. The van der Waals surface area contributed by atoms with Crippen molar-refractivity contribution < 1.29 is 9.15 Å². The van der Waals surface area contributed by atoms with Gasteiger partial charge in [0.2, 0.25) is 0 Å². The molecule has 1 aromatic rings. The van der Waals surface area contributed by atoms with Crippen LogP contribution in [0.2, 0.25) is 0 Å². The SMILES string of the molecule is COCCNC(=NC[C@H]1CCCN1CC(C)C)NCCc1ccco1. The highest BCUT2D eigenvalue weighted by molar-refractivity contribution is 5.79. The number of methoxy groups -OCH3 is 1. The van der Waals surface area contributed by atoms with Gasteiger partial charge in [0, 0.05) is 39.2 Å². The van der Waals surface area contributed by atoms with Crippen molar-refractivity contribution in [1.29, 1.82) is 0 Å². The van der Waals surface area contributed by atoms with E-state index in [0.29, 0.717) is 18.6 Å². The first-order valence-electron chi connectivity index (χ1n) is 9.46. The molecular formula is C19H34N4O2. The van der Waals surface area contributed by atoms with E-state index in [1.54, 1.807) is 13.4 Å². The number of hydrogen-bond donors (Lipinski definition) is 2. The summed E-state index contributed by atoms with van der Waals surface area (Å²) in [4.78, 5) is 7.41. The molecule has 2 rings (SSSR count). The van der Waals surface area contributed by atoms with Crippen LogP contribution in [-0.2, 0) is 11.2 Å². The second kappa shape index (κ2) is 11.2. The number of nitrogens with one attached hydrogen (secondary N) is 2. The van der Waals surface area contributed by atoms with Crippen LogP contribution in [0.5, 0.6) is 0 Å². The summed E-state index contributed by atoms with van der Waals surface area (Å²) in [6.45, 7) is 10.0. The monoisotopic (exact) mass is 350 g/mol. The van der Waals surface area contributed by atoms with Crippen molar-refractivity contribution in [3.8, 4) is 0 Å². The second-order valence-corrected chi connectivity index (χ2v) is 7.05. The van der Waals surface area contributed by atoms with Gasteiger partial charge in [-0.05, 0) is 37.4 Å². The van der Waals surface area contributed by atoms with Crippen molar-refractivity contribution in [1.82, 2.24) is 15.5 Å². The Morgan fingerprint density at radius 3 is 2.96 bits per heavy atom. The fraction of sp³-hybridized carbons (Fsp3) is 0.737. The molecule has 142 valence electrons. The first-order chi connectivity index (χ1) is 12.2. The Balaban J connectivity index is 1.83. The standard InChI is InChI=1S/C19H34N4O2/c1-16(2)15-23-11-4-6-17(23)14-22-19(21-10-13-24-3)20-9-8-18-7-5-12-25-18/h5,7,12,16-17H,4,6,8-11,13-15H2,1-3H3,(H2,20,21,22)/t17-/m1/s1. The lowest BCUT2D eigenvalue weighted by Crippen LogP contribution is -2.41. The Kier molecular flexibility index (Phi) is 8.83. The number of ether oxygens (including phenoxy) is 1. The Bertz CT molecular complexity index is 488. The van der Waals surface area contributed by atoms with E-state index in [9.17, 15) is 0 Å². The largest absolute Gasteiger partial charge is 0.469 e. The number of furan rings is 1. The molecule has 6 heteroatoms. The maximum atomic E-state index is 5.38. The molecule has 1 aliphatic heterocycles. The zero-order chi connectivity index (χ0) is 17.9. The number of nitrogens with zero attached hydrogens (tertiary/aromatic N) is 2. The van der Waals surface area contributed by atoms with Gasteiger partial charge in [-0.15, -0.1) is 0 Å². The Morgan fingerprint density at radius 2 is 2.24 bits per heavy atom. The summed E-state index contributed by atoms with van der Waals surface area (Å²) in [5, 5.41) is 6.75. The quantitative estimate of drug-likeness (QED) is 0.384. The van der Waals surface area contributed by atoms with Gasteiger partial charge in [0.15, 0.2) is 5.96 Å². The molecule has 2 N–H and O–H groups in total. The van der Waals surface area contributed by atoms with Gasteiger partial charge >= 0.3 is 0 Å². The van der Waals surface area contributed by atoms with Gasteiger partial charge in [-0.25, -0.2) is 0 Å². The average Bonchev–Trinajstić information content (AvgIpc) is 3.24. The molecule has 6 nitrogen and oxygen atoms in total. The first kappa shape index (κ1) is 19.8. The van der Waals surface area contributed by atoms with E-state index in [4.69, 9.17) is 14.1 Å². The van der Waals surface area contributed by atoms with Crippen LogP contribution in [0.3, 0.4) is 0 Å². The maximum absolute atomic E-state index is 5.38. The average molecular weight is 351 g/mol. The number of guanidine groups is 1. The van der Waals surface area contributed by atoms with Crippen LogP contribution >= 0.6 is 0 Å². The van der Waals surface area contributed by atoms with Crippen molar-refractivity contribution in [2.45, 2.75) is 39.2 Å². The summed E-state index contributed by atoms with van der Waals surface area (Å²) < 4.78 is 10.5. The minimum absolute atomic E-state index is 0.563. The molecule has 0 bridgehead atoms. The summed E-state index contributed by atoms with van der Waals surface area (Å²) in [6, 6.07) is 4.48. The highest BCUT2D eigenvalue weighted by Crippen LogP contribution is 2.18. The zero-order valence-electron chi connectivity index (χ0n) is 16.0. The van der Waals surface area contributed by atoms with Gasteiger partial charge in [-0.3, -0.25) is 9.89 Å². The van der Waals surface area contributed by atoms with Gasteiger partial charge in [0.25, 0.3) is 0 Å². The zero-order valence-corrected chi connectivity index (χ0v) is 16.0. The van der Waals surface area contributed by atoms with E-state index in [-0.39, 0.29) is 0 Å². The molecule has 0 unspecified atom stereocenters. The van der Waals surface area contributed by atoms with Crippen molar-refractivity contribution in [2.24, 2.45) is 10.9 Å². The van der Waals surface area contributed by atoms with E-state index < -0.39 is 0 Å². The molecule has 25 heavy (non-hydrogen) atoms. The number of likely N-dealkylation sites (tertiary alicyclic amines) is 1. The fourth-order valence-electron chi connectivity index (χ4n) is 3.21. The second-order valence-electron chi connectivity index (χ2n) is 7.05. The third-order valence-corrected chi connectivity index (χ3v) is 4.40. The molecule has 1 aromatic heterocycles. The van der Waals surface area contributed by atoms with Crippen LogP contribution in [0.25, 0.3) is 0 Å². The van der Waals surface area contributed by atoms with Gasteiger partial charge in [0.1, 0.15) is 5.76 Å². The Hall–Kier alpha value is -1.53. The minimum Gasteiger partial charge on any atom is -0.469 e. The molecular weight excluding hydrogens is 316 g/mol. The van der Waals surface area contributed by atoms with Crippen LogP contribution in [0, 0.1) is 5.92 Å². The molecule has 0 amide bonds. The van der Waals surface area contributed by atoms with E-state index in [0.717, 1.165) is 37.8 Å². The summed E-state index contributed by atoms with van der Waals surface area (Å²) in [6.07, 6.45) is 5.09. The van der Waals surface area contributed by atoms with Crippen LogP contribution in [0.4, 0.5) is 0 Å². The maximum Gasteiger partial charge on any atom is 0.191 e. The van der Waals surface area contributed by atoms with E-state index in [2.05, 4.69) is 29.4 Å². The van der Waals surface area contributed by atoms with Gasteiger partial charge in [-0.2, -0.15) is 0 Å². The van der Waals surface area contributed by atoms with Gasteiger partial charge in [-0.1, -0.05) is 13.8 Å². The lowest BCUT2D eigenvalue weighted by molar-refractivity contribution is 0.203. The third kappa shape index (κ3) is 7.48. The topological polar surface area (TPSA) is 62.0 Å². The summed E-state index contributed by atoms with van der Waals surface area (Å²) >= 11 is 0. The predicted octanol–water partition coefficient (Wildman–Crippen LogP) is 2.12. The molecule has 1 atom stereocenters. The summed E-state index contributed by atoms with van der Waals surface area (Å²) in [7, 11) is 1.71. The van der Waals surface area contributed by atoms with Crippen LogP contribution in [-0.4, -0.2) is 63.3 Å². The lowest BCUT2D eigenvalue weighted by Gasteiger charge is -2.25. The van der Waals surface area contributed by atoms with Crippen molar-refractivity contribution in [2.75, 3.05) is 46.4 Å². The van der Waals surface area contributed by atoms with Crippen LogP contribution in [0.1, 0.15) is 32.4 Å². The molecule has 2 heterocycles. The fourth-order valence-corrected chi connectivity index (χ4v) is 3.21. The number of rotatable bonds is 10. The molecule has 0 radical (unpaired) electrons. The highest BCUT2D eigenvalue weighted by atomic mass is 16.5. The van der Waals surface area contributed by atoms with Crippen LogP contribution < -0.4 is 10.6 Å². The van der Waals surface area contributed by atoms with Crippen molar-refractivity contribution in [3.63, 3.8) is 0 Å². The van der Waals surface area contributed by atoms with E-state index in [1.165, 1.54) is 25.9 Å². The molecule has 0 saturated carbocycles. The Morgan fingerprint density at radius 1 is 1.40 bits per heavy atom. The summed E-state index contributed by atoms with van der Waals surface area (Å²) in [5.41, 5.74) is 0. The normalized spacial score (nSPS) is 18.9. The summed E-state index contributed by atoms with van der Waals surface area (Å²) in [5.74, 6) is 2.55. The van der Waals surface area contributed by atoms with E-state index >= 15 is 0 Å².